The molecule has 0 radical (unpaired) electrons. The SMILES string of the molecule is OC(Cc1ccc(Cl)cc1)Cc1cc(F)ccc1Cl. The molecule has 2 aromatic carbocycles. The molecular formula is C15H13Cl2FO. The highest BCUT2D eigenvalue weighted by Gasteiger charge is 2.10. The number of benzene rings is 2. The second-order valence-corrected chi connectivity index (χ2v) is 5.27. The van der Waals surface area contributed by atoms with Crippen LogP contribution in [0.1, 0.15) is 11.1 Å². The number of hydrogen-bond donors (Lipinski definition) is 1. The predicted molar refractivity (Wildman–Crippen MR) is 76.3 cm³/mol. The molecule has 0 saturated heterocycles. The molecule has 19 heavy (non-hydrogen) atoms. The third-order valence-electron chi connectivity index (χ3n) is 2.85. The Hall–Kier alpha value is -1.09. The Morgan fingerprint density at radius 3 is 2.37 bits per heavy atom. The number of halogens is 3. The zero-order valence-electron chi connectivity index (χ0n) is 10.1. The lowest BCUT2D eigenvalue weighted by atomic mass is 10.0. The molecule has 2 aromatic rings. The molecule has 0 aliphatic carbocycles. The van der Waals surface area contributed by atoms with E-state index < -0.39 is 6.10 Å². The smallest absolute Gasteiger partial charge is 0.123 e. The predicted octanol–water partition coefficient (Wildman–Crippen LogP) is 4.28. The quantitative estimate of drug-likeness (QED) is 0.893. The van der Waals surface area contributed by atoms with Crippen molar-refractivity contribution in [1.29, 1.82) is 0 Å². The average molecular weight is 299 g/mol. The van der Waals surface area contributed by atoms with Crippen molar-refractivity contribution in [2.24, 2.45) is 0 Å². The van der Waals surface area contributed by atoms with Crippen LogP contribution in [0.25, 0.3) is 0 Å². The first-order chi connectivity index (χ1) is 9.04. The summed E-state index contributed by atoms with van der Waals surface area (Å²) in [4.78, 5) is 0. The molecule has 1 atom stereocenters. The van der Waals surface area contributed by atoms with E-state index in [1.165, 1.54) is 18.2 Å². The van der Waals surface area contributed by atoms with E-state index in [-0.39, 0.29) is 5.82 Å². The number of aliphatic hydroxyl groups is 1. The van der Waals surface area contributed by atoms with Gasteiger partial charge in [-0.1, -0.05) is 35.3 Å². The Kier molecular flexibility index (Phi) is 4.81. The molecule has 0 spiro atoms. The fourth-order valence-corrected chi connectivity index (χ4v) is 2.24. The average Bonchev–Trinajstić information content (AvgIpc) is 2.37. The van der Waals surface area contributed by atoms with E-state index in [0.29, 0.717) is 28.5 Å². The summed E-state index contributed by atoms with van der Waals surface area (Å²) in [6, 6.07) is 11.4. The van der Waals surface area contributed by atoms with Crippen molar-refractivity contribution in [3.8, 4) is 0 Å². The number of hydrogen-bond acceptors (Lipinski definition) is 1. The molecule has 0 amide bonds. The molecule has 1 unspecified atom stereocenters. The standard InChI is InChI=1S/C15H13Cl2FO/c16-12-3-1-10(2-4-12)7-14(19)9-11-8-13(18)5-6-15(11)17/h1-6,8,14,19H,7,9H2. The number of rotatable bonds is 4. The van der Waals surface area contributed by atoms with Crippen LogP contribution >= 0.6 is 23.2 Å². The summed E-state index contributed by atoms with van der Waals surface area (Å²) in [5, 5.41) is 11.2. The van der Waals surface area contributed by atoms with Crippen LogP contribution in [0.4, 0.5) is 4.39 Å². The molecule has 100 valence electrons. The van der Waals surface area contributed by atoms with Crippen molar-refractivity contribution >= 4 is 23.2 Å². The van der Waals surface area contributed by atoms with E-state index in [4.69, 9.17) is 23.2 Å². The van der Waals surface area contributed by atoms with E-state index in [2.05, 4.69) is 0 Å². The highest BCUT2D eigenvalue weighted by atomic mass is 35.5. The summed E-state index contributed by atoms with van der Waals surface area (Å²) in [6.07, 6.45) is 0.184. The third-order valence-corrected chi connectivity index (χ3v) is 3.47. The van der Waals surface area contributed by atoms with Gasteiger partial charge in [-0.25, -0.2) is 4.39 Å². The largest absolute Gasteiger partial charge is 0.392 e. The maximum absolute atomic E-state index is 13.1. The summed E-state index contributed by atoms with van der Waals surface area (Å²) >= 11 is 11.8. The summed E-state index contributed by atoms with van der Waals surface area (Å²) in [7, 11) is 0. The molecule has 0 aromatic heterocycles. The van der Waals surface area contributed by atoms with Crippen LogP contribution in [-0.2, 0) is 12.8 Å². The van der Waals surface area contributed by atoms with Crippen LogP contribution in [0.3, 0.4) is 0 Å². The highest BCUT2D eigenvalue weighted by Crippen LogP contribution is 2.20. The molecular weight excluding hydrogens is 286 g/mol. The van der Waals surface area contributed by atoms with Crippen LogP contribution in [0.2, 0.25) is 10.0 Å². The molecule has 0 bridgehead atoms. The second-order valence-electron chi connectivity index (χ2n) is 4.42. The first kappa shape index (κ1) is 14.3. The molecule has 2 rings (SSSR count). The monoisotopic (exact) mass is 298 g/mol. The van der Waals surface area contributed by atoms with Gasteiger partial charge in [0.1, 0.15) is 5.82 Å². The van der Waals surface area contributed by atoms with E-state index in [1.54, 1.807) is 12.1 Å². The van der Waals surface area contributed by atoms with E-state index in [0.717, 1.165) is 5.56 Å². The van der Waals surface area contributed by atoms with E-state index >= 15 is 0 Å². The fourth-order valence-electron chi connectivity index (χ4n) is 1.92. The second kappa shape index (κ2) is 6.38. The van der Waals surface area contributed by atoms with Crippen LogP contribution in [0, 0.1) is 5.82 Å². The lowest BCUT2D eigenvalue weighted by molar-refractivity contribution is 0.175. The minimum Gasteiger partial charge on any atom is -0.392 e. The Labute approximate surface area is 121 Å². The Balaban J connectivity index is 2.02. The van der Waals surface area contributed by atoms with Gasteiger partial charge in [0.25, 0.3) is 0 Å². The van der Waals surface area contributed by atoms with E-state index in [1.807, 2.05) is 12.1 Å². The lowest BCUT2D eigenvalue weighted by Gasteiger charge is -2.12. The summed E-state index contributed by atoms with van der Waals surface area (Å²) in [6.45, 7) is 0. The third kappa shape index (κ3) is 4.20. The normalized spacial score (nSPS) is 12.4. The lowest BCUT2D eigenvalue weighted by Crippen LogP contribution is -2.14. The van der Waals surface area contributed by atoms with Crippen molar-refractivity contribution in [3.05, 3.63) is 69.5 Å². The van der Waals surface area contributed by atoms with Gasteiger partial charge in [0, 0.05) is 16.5 Å². The van der Waals surface area contributed by atoms with Gasteiger partial charge in [0.15, 0.2) is 0 Å². The Morgan fingerprint density at radius 2 is 1.68 bits per heavy atom. The van der Waals surface area contributed by atoms with Crippen molar-refractivity contribution in [2.75, 3.05) is 0 Å². The molecule has 0 aliphatic rings. The zero-order valence-corrected chi connectivity index (χ0v) is 11.6. The molecule has 0 aliphatic heterocycles. The summed E-state index contributed by atoms with van der Waals surface area (Å²) in [5.74, 6) is -0.349. The van der Waals surface area contributed by atoms with Gasteiger partial charge in [-0.2, -0.15) is 0 Å². The molecule has 0 fully saturated rings. The number of aliphatic hydroxyl groups excluding tert-OH is 1. The van der Waals surface area contributed by atoms with E-state index in [9.17, 15) is 9.50 Å². The maximum atomic E-state index is 13.1. The highest BCUT2D eigenvalue weighted by molar-refractivity contribution is 6.31. The Bertz CT molecular complexity index is 555. The zero-order chi connectivity index (χ0) is 13.8. The van der Waals surface area contributed by atoms with Crippen LogP contribution < -0.4 is 0 Å². The van der Waals surface area contributed by atoms with Crippen molar-refractivity contribution in [2.45, 2.75) is 18.9 Å². The minimum atomic E-state index is -0.611. The van der Waals surface area contributed by atoms with Gasteiger partial charge < -0.3 is 5.11 Å². The van der Waals surface area contributed by atoms with Gasteiger partial charge in [0.2, 0.25) is 0 Å². The maximum Gasteiger partial charge on any atom is 0.123 e. The van der Waals surface area contributed by atoms with Gasteiger partial charge in [0.05, 0.1) is 6.10 Å². The fraction of sp³-hybridized carbons (Fsp3) is 0.200. The van der Waals surface area contributed by atoms with Crippen molar-refractivity contribution in [3.63, 3.8) is 0 Å². The molecule has 1 N–H and O–H groups in total. The molecule has 4 heteroatoms. The van der Waals surface area contributed by atoms with Crippen LogP contribution in [0.5, 0.6) is 0 Å². The summed E-state index contributed by atoms with van der Waals surface area (Å²) in [5.41, 5.74) is 1.59. The van der Waals surface area contributed by atoms with Gasteiger partial charge in [-0.05, 0) is 47.9 Å². The minimum absolute atomic E-state index is 0.319. The summed E-state index contributed by atoms with van der Waals surface area (Å²) < 4.78 is 13.1. The van der Waals surface area contributed by atoms with Crippen LogP contribution in [-0.4, -0.2) is 11.2 Å². The van der Waals surface area contributed by atoms with Gasteiger partial charge >= 0.3 is 0 Å². The van der Waals surface area contributed by atoms with Crippen molar-refractivity contribution in [1.82, 2.24) is 0 Å². The van der Waals surface area contributed by atoms with Gasteiger partial charge in [-0.15, -0.1) is 0 Å². The Morgan fingerprint density at radius 1 is 1.00 bits per heavy atom. The van der Waals surface area contributed by atoms with Gasteiger partial charge in [-0.3, -0.25) is 0 Å². The first-order valence-corrected chi connectivity index (χ1v) is 6.66. The molecule has 1 nitrogen and oxygen atoms in total. The van der Waals surface area contributed by atoms with Crippen LogP contribution in [0.15, 0.2) is 42.5 Å². The molecule has 0 saturated carbocycles. The first-order valence-electron chi connectivity index (χ1n) is 5.91. The van der Waals surface area contributed by atoms with Crippen molar-refractivity contribution < 1.29 is 9.50 Å². The topological polar surface area (TPSA) is 20.2 Å². The molecule has 0 heterocycles.